The molecule has 0 fully saturated rings. The number of para-hydroxylation sites is 1. The van der Waals surface area contributed by atoms with Crippen LogP contribution >= 0.6 is 0 Å². The highest BCUT2D eigenvalue weighted by atomic mass is 19.1. The molecule has 4 aromatic rings. The van der Waals surface area contributed by atoms with Gasteiger partial charge in [0.1, 0.15) is 11.6 Å². The monoisotopic (exact) mass is 344 g/mol. The summed E-state index contributed by atoms with van der Waals surface area (Å²) in [4.78, 5) is 9.12. The van der Waals surface area contributed by atoms with Gasteiger partial charge in [-0.25, -0.2) is 9.37 Å². The zero-order valence-corrected chi connectivity index (χ0v) is 14.0. The lowest BCUT2D eigenvalue weighted by molar-refractivity contribution is 0.628. The molecule has 26 heavy (non-hydrogen) atoms. The minimum atomic E-state index is -0.307. The van der Waals surface area contributed by atoms with Crippen LogP contribution in [0.15, 0.2) is 78.9 Å². The Bertz CT molecular complexity index is 1030. The van der Waals surface area contributed by atoms with E-state index in [1.54, 1.807) is 12.1 Å². The van der Waals surface area contributed by atoms with Gasteiger partial charge in [-0.1, -0.05) is 48.5 Å². The van der Waals surface area contributed by atoms with E-state index >= 15 is 0 Å². The van der Waals surface area contributed by atoms with Gasteiger partial charge in [-0.05, 0) is 35.9 Å². The van der Waals surface area contributed by atoms with Crippen LogP contribution in [-0.2, 0) is 6.54 Å². The van der Waals surface area contributed by atoms with Gasteiger partial charge in [0.15, 0.2) is 0 Å². The van der Waals surface area contributed by atoms with E-state index in [0.29, 0.717) is 18.2 Å². The molecule has 4 nitrogen and oxygen atoms in total. The molecule has 0 unspecified atom stereocenters. The summed E-state index contributed by atoms with van der Waals surface area (Å²) in [5.74, 6) is 0.849. The molecule has 1 heterocycles. The van der Waals surface area contributed by atoms with Crippen LogP contribution in [0.1, 0.15) is 5.56 Å². The van der Waals surface area contributed by atoms with Gasteiger partial charge in [0.2, 0.25) is 5.95 Å². The first-order chi connectivity index (χ1) is 12.8. The normalized spacial score (nSPS) is 10.7. The van der Waals surface area contributed by atoms with E-state index in [-0.39, 0.29) is 5.82 Å². The molecule has 1 aromatic heterocycles. The topological polar surface area (TPSA) is 49.8 Å². The van der Waals surface area contributed by atoms with Gasteiger partial charge in [0.05, 0.1) is 5.52 Å². The van der Waals surface area contributed by atoms with Crippen LogP contribution in [0.3, 0.4) is 0 Å². The molecule has 4 rings (SSSR count). The summed E-state index contributed by atoms with van der Waals surface area (Å²) in [7, 11) is 0. The summed E-state index contributed by atoms with van der Waals surface area (Å²) in [6.45, 7) is 0.654. The number of nitrogens with zero attached hydrogens (tertiary/aromatic N) is 2. The van der Waals surface area contributed by atoms with E-state index in [9.17, 15) is 4.39 Å². The van der Waals surface area contributed by atoms with Crippen molar-refractivity contribution in [1.82, 2.24) is 9.97 Å². The zero-order valence-electron chi connectivity index (χ0n) is 14.0. The van der Waals surface area contributed by atoms with Crippen LogP contribution in [0, 0.1) is 5.82 Å². The predicted octanol–water partition coefficient (Wildman–Crippen LogP) is 5.12. The fourth-order valence-corrected chi connectivity index (χ4v) is 2.74. The van der Waals surface area contributed by atoms with Crippen molar-refractivity contribution in [2.45, 2.75) is 6.54 Å². The first-order valence-electron chi connectivity index (χ1n) is 8.35. The number of halogens is 1. The molecular weight excluding hydrogens is 327 g/mol. The van der Waals surface area contributed by atoms with Crippen molar-refractivity contribution >= 4 is 28.4 Å². The Hall–Kier alpha value is -3.47. The highest BCUT2D eigenvalue weighted by molar-refractivity contribution is 5.90. The van der Waals surface area contributed by atoms with E-state index in [4.69, 9.17) is 0 Å². The van der Waals surface area contributed by atoms with Gasteiger partial charge in [0.25, 0.3) is 0 Å². The number of hydrogen-bond donors (Lipinski definition) is 2. The van der Waals surface area contributed by atoms with Gasteiger partial charge >= 0.3 is 0 Å². The van der Waals surface area contributed by atoms with Crippen molar-refractivity contribution in [3.63, 3.8) is 0 Å². The number of fused-ring (bicyclic) bond motifs is 1. The molecule has 2 N–H and O–H groups in total. The molecule has 0 spiro atoms. The number of rotatable bonds is 5. The van der Waals surface area contributed by atoms with E-state index < -0.39 is 0 Å². The maximum atomic E-state index is 13.4. The summed E-state index contributed by atoms with van der Waals surface area (Å²) < 4.78 is 13.4. The molecule has 0 aliphatic rings. The Labute approximate surface area is 150 Å². The van der Waals surface area contributed by atoms with Crippen LogP contribution in [-0.4, -0.2) is 9.97 Å². The summed E-state index contributed by atoms with van der Waals surface area (Å²) in [6.07, 6.45) is 0. The van der Waals surface area contributed by atoms with Crippen molar-refractivity contribution in [2.24, 2.45) is 0 Å². The standard InChI is InChI=1S/C21H17FN4/c22-16-9-6-10-17(13-16)24-21-25-19-12-5-4-11-18(19)20(26-21)23-14-15-7-2-1-3-8-15/h1-13H,14H2,(H2,23,24,25,26). The fourth-order valence-electron chi connectivity index (χ4n) is 2.74. The van der Waals surface area contributed by atoms with Gasteiger partial charge in [-0.15, -0.1) is 0 Å². The van der Waals surface area contributed by atoms with Gasteiger partial charge in [-0.3, -0.25) is 0 Å². The van der Waals surface area contributed by atoms with Gasteiger partial charge in [-0.2, -0.15) is 4.98 Å². The van der Waals surface area contributed by atoms with Crippen molar-refractivity contribution in [1.29, 1.82) is 0 Å². The smallest absolute Gasteiger partial charge is 0.229 e. The summed E-state index contributed by atoms with van der Waals surface area (Å²) in [5.41, 5.74) is 2.58. The Morgan fingerprint density at radius 3 is 2.46 bits per heavy atom. The second kappa shape index (κ2) is 7.19. The third-order valence-electron chi connectivity index (χ3n) is 3.99. The first-order valence-corrected chi connectivity index (χ1v) is 8.35. The Morgan fingerprint density at radius 1 is 0.808 bits per heavy atom. The quantitative estimate of drug-likeness (QED) is 0.527. The lowest BCUT2D eigenvalue weighted by Crippen LogP contribution is -2.05. The average Bonchev–Trinajstić information content (AvgIpc) is 2.67. The number of anilines is 3. The summed E-state index contributed by atoms with van der Waals surface area (Å²) >= 11 is 0. The molecule has 0 amide bonds. The van der Waals surface area contributed by atoms with Crippen LogP contribution in [0.25, 0.3) is 10.9 Å². The van der Waals surface area contributed by atoms with E-state index in [0.717, 1.165) is 22.3 Å². The second-order valence-corrected chi connectivity index (χ2v) is 5.89. The molecular formula is C21H17FN4. The van der Waals surface area contributed by atoms with Crippen LogP contribution in [0.4, 0.5) is 21.8 Å². The molecule has 3 aromatic carbocycles. The Kier molecular flexibility index (Phi) is 4.43. The molecule has 0 atom stereocenters. The lowest BCUT2D eigenvalue weighted by Gasteiger charge is -2.12. The van der Waals surface area contributed by atoms with E-state index in [2.05, 4.69) is 32.7 Å². The van der Waals surface area contributed by atoms with Crippen molar-refractivity contribution in [2.75, 3.05) is 10.6 Å². The number of aromatic nitrogens is 2. The molecule has 0 saturated heterocycles. The fraction of sp³-hybridized carbons (Fsp3) is 0.0476. The minimum absolute atomic E-state index is 0.307. The molecule has 0 aliphatic heterocycles. The molecule has 0 saturated carbocycles. The summed E-state index contributed by atoms with van der Waals surface area (Å²) in [6, 6.07) is 24.2. The molecule has 0 radical (unpaired) electrons. The zero-order chi connectivity index (χ0) is 17.8. The SMILES string of the molecule is Fc1cccc(Nc2nc(NCc3ccccc3)c3ccccc3n2)c1. The lowest BCUT2D eigenvalue weighted by atomic mass is 10.2. The summed E-state index contributed by atoms with van der Waals surface area (Å²) in [5, 5.41) is 7.39. The maximum absolute atomic E-state index is 13.4. The van der Waals surface area contributed by atoms with Crippen LogP contribution in [0.5, 0.6) is 0 Å². The largest absolute Gasteiger partial charge is 0.365 e. The van der Waals surface area contributed by atoms with Crippen LogP contribution < -0.4 is 10.6 Å². The number of benzene rings is 3. The Morgan fingerprint density at radius 2 is 1.62 bits per heavy atom. The predicted molar refractivity (Wildman–Crippen MR) is 103 cm³/mol. The van der Waals surface area contributed by atoms with E-state index in [1.165, 1.54) is 12.1 Å². The van der Waals surface area contributed by atoms with Gasteiger partial charge in [0, 0.05) is 17.6 Å². The highest BCUT2D eigenvalue weighted by Gasteiger charge is 2.08. The van der Waals surface area contributed by atoms with Crippen molar-refractivity contribution in [3.05, 3.63) is 90.2 Å². The molecule has 5 heteroatoms. The van der Waals surface area contributed by atoms with Crippen molar-refractivity contribution < 1.29 is 4.39 Å². The van der Waals surface area contributed by atoms with Crippen molar-refractivity contribution in [3.8, 4) is 0 Å². The Balaban J connectivity index is 1.66. The van der Waals surface area contributed by atoms with Crippen LogP contribution in [0.2, 0.25) is 0 Å². The third-order valence-corrected chi connectivity index (χ3v) is 3.99. The van der Waals surface area contributed by atoms with Gasteiger partial charge < -0.3 is 10.6 Å². The third kappa shape index (κ3) is 3.62. The first kappa shape index (κ1) is 16.0. The maximum Gasteiger partial charge on any atom is 0.229 e. The average molecular weight is 344 g/mol. The highest BCUT2D eigenvalue weighted by Crippen LogP contribution is 2.24. The van der Waals surface area contributed by atoms with E-state index in [1.807, 2.05) is 42.5 Å². The minimum Gasteiger partial charge on any atom is -0.365 e. The number of hydrogen-bond acceptors (Lipinski definition) is 4. The number of nitrogens with one attached hydrogen (secondary N) is 2. The second-order valence-electron chi connectivity index (χ2n) is 5.89. The molecule has 128 valence electrons. The molecule has 0 bridgehead atoms. The molecule has 0 aliphatic carbocycles.